The normalized spacial score (nSPS) is 12.5. The van der Waals surface area contributed by atoms with Gasteiger partial charge < -0.3 is 10.1 Å². The standard InChI is InChI=1S/C17H19F2NO/c1-11-4-5-14(10-12(11)2)16(20-3)13-6-8-15(9-7-13)21-17(18)19/h4-10,16-17,20H,1-3H3. The highest BCUT2D eigenvalue weighted by Gasteiger charge is 2.13. The number of halogens is 2. The molecule has 0 aliphatic rings. The summed E-state index contributed by atoms with van der Waals surface area (Å²) >= 11 is 0. The molecule has 0 amide bonds. The van der Waals surface area contributed by atoms with E-state index in [1.807, 2.05) is 7.05 Å². The molecule has 2 nitrogen and oxygen atoms in total. The molecule has 0 saturated carbocycles. The lowest BCUT2D eigenvalue weighted by Gasteiger charge is -2.19. The topological polar surface area (TPSA) is 21.3 Å². The Morgan fingerprint density at radius 1 is 0.905 bits per heavy atom. The number of aryl methyl sites for hydroxylation is 2. The van der Waals surface area contributed by atoms with Gasteiger partial charge in [-0.05, 0) is 55.3 Å². The van der Waals surface area contributed by atoms with Crippen LogP contribution in [0.4, 0.5) is 8.78 Å². The summed E-state index contributed by atoms with van der Waals surface area (Å²) in [6.07, 6.45) is 0. The lowest BCUT2D eigenvalue weighted by molar-refractivity contribution is -0.0498. The van der Waals surface area contributed by atoms with Gasteiger partial charge in [0.15, 0.2) is 0 Å². The van der Waals surface area contributed by atoms with Crippen LogP contribution < -0.4 is 10.1 Å². The smallest absolute Gasteiger partial charge is 0.387 e. The number of ether oxygens (including phenoxy) is 1. The van der Waals surface area contributed by atoms with E-state index in [2.05, 4.69) is 42.1 Å². The third-order valence-electron chi connectivity index (χ3n) is 3.59. The first-order chi connectivity index (χ1) is 10.0. The summed E-state index contributed by atoms with van der Waals surface area (Å²) in [4.78, 5) is 0. The van der Waals surface area contributed by atoms with Gasteiger partial charge in [-0.2, -0.15) is 8.78 Å². The Bertz CT molecular complexity index is 596. The number of nitrogens with one attached hydrogen (secondary N) is 1. The third-order valence-corrected chi connectivity index (χ3v) is 3.59. The van der Waals surface area contributed by atoms with Crippen LogP contribution in [-0.4, -0.2) is 13.7 Å². The van der Waals surface area contributed by atoms with Gasteiger partial charge in [0.05, 0.1) is 6.04 Å². The second-order valence-electron chi connectivity index (χ2n) is 5.01. The summed E-state index contributed by atoms with van der Waals surface area (Å²) in [6.45, 7) is 1.35. The van der Waals surface area contributed by atoms with Crippen LogP contribution in [-0.2, 0) is 0 Å². The first-order valence-corrected chi connectivity index (χ1v) is 6.80. The van der Waals surface area contributed by atoms with Gasteiger partial charge in [-0.3, -0.25) is 0 Å². The van der Waals surface area contributed by atoms with Crippen LogP contribution in [0.5, 0.6) is 5.75 Å². The molecule has 0 spiro atoms. The van der Waals surface area contributed by atoms with Gasteiger partial charge in [0.25, 0.3) is 0 Å². The highest BCUT2D eigenvalue weighted by atomic mass is 19.3. The van der Waals surface area contributed by atoms with E-state index >= 15 is 0 Å². The summed E-state index contributed by atoms with van der Waals surface area (Å²) < 4.78 is 28.7. The second kappa shape index (κ2) is 6.68. The van der Waals surface area contributed by atoms with E-state index in [1.54, 1.807) is 24.3 Å². The SMILES string of the molecule is CNC(c1ccc(OC(F)F)cc1)c1ccc(C)c(C)c1. The molecule has 1 atom stereocenters. The van der Waals surface area contributed by atoms with E-state index in [0.717, 1.165) is 11.1 Å². The Labute approximate surface area is 123 Å². The summed E-state index contributed by atoms with van der Waals surface area (Å²) in [5, 5.41) is 3.25. The van der Waals surface area contributed by atoms with Gasteiger partial charge in [0.1, 0.15) is 5.75 Å². The Kier molecular flexibility index (Phi) is 4.91. The molecule has 2 rings (SSSR count). The number of hydrogen-bond donors (Lipinski definition) is 1. The van der Waals surface area contributed by atoms with Crippen molar-refractivity contribution in [3.05, 3.63) is 64.7 Å². The molecule has 0 aliphatic carbocycles. The van der Waals surface area contributed by atoms with Crippen molar-refractivity contribution in [3.63, 3.8) is 0 Å². The molecule has 2 aromatic carbocycles. The van der Waals surface area contributed by atoms with Crippen molar-refractivity contribution < 1.29 is 13.5 Å². The summed E-state index contributed by atoms with van der Waals surface area (Å²) in [5.74, 6) is 0.170. The number of benzene rings is 2. The zero-order valence-corrected chi connectivity index (χ0v) is 12.4. The molecule has 0 aromatic heterocycles. The molecule has 1 unspecified atom stereocenters. The van der Waals surface area contributed by atoms with E-state index < -0.39 is 6.61 Å². The molecule has 0 fully saturated rings. The number of rotatable bonds is 5. The molecule has 0 radical (unpaired) electrons. The average molecular weight is 291 g/mol. The van der Waals surface area contributed by atoms with Crippen LogP contribution in [0.1, 0.15) is 28.3 Å². The zero-order valence-electron chi connectivity index (χ0n) is 12.4. The molecular weight excluding hydrogens is 272 g/mol. The average Bonchev–Trinajstić information content (AvgIpc) is 2.45. The Morgan fingerprint density at radius 2 is 1.52 bits per heavy atom. The summed E-state index contributed by atoms with van der Waals surface area (Å²) in [6, 6.07) is 13.0. The highest BCUT2D eigenvalue weighted by Crippen LogP contribution is 2.25. The highest BCUT2D eigenvalue weighted by molar-refractivity contribution is 5.38. The van der Waals surface area contributed by atoms with Crippen LogP contribution in [0.3, 0.4) is 0 Å². The van der Waals surface area contributed by atoms with Gasteiger partial charge in [-0.15, -0.1) is 0 Å². The first-order valence-electron chi connectivity index (χ1n) is 6.80. The van der Waals surface area contributed by atoms with Gasteiger partial charge in [0.2, 0.25) is 0 Å². The largest absolute Gasteiger partial charge is 0.435 e. The Hall–Kier alpha value is -1.94. The molecule has 0 heterocycles. The molecule has 0 aliphatic heterocycles. The second-order valence-corrected chi connectivity index (χ2v) is 5.01. The minimum Gasteiger partial charge on any atom is -0.435 e. The fraction of sp³-hybridized carbons (Fsp3) is 0.294. The van der Waals surface area contributed by atoms with Crippen LogP contribution in [0, 0.1) is 13.8 Å². The maximum atomic E-state index is 12.2. The number of hydrogen-bond acceptors (Lipinski definition) is 2. The zero-order chi connectivity index (χ0) is 15.4. The van der Waals surface area contributed by atoms with Crippen LogP contribution in [0.25, 0.3) is 0 Å². The van der Waals surface area contributed by atoms with E-state index in [-0.39, 0.29) is 11.8 Å². The summed E-state index contributed by atoms with van der Waals surface area (Å²) in [7, 11) is 1.88. The first kappa shape index (κ1) is 15.4. The molecule has 112 valence electrons. The van der Waals surface area contributed by atoms with Crippen LogP contribution in [0.2, 0.25) is 0 Å². The Morgan fingerprint density at radius 3 is 2.05 bits per heavy atom. The maximum absolute atomic E-state index is 12.2. The summed E-state index contributed by atoms with van der Waals surface area (Å²) in [5.41, 5.74) is 4.62. The fourth-order valence-electron chi connectivity index (χ4n) is 2.31. The van der Waals surface area contributed by atoms with Gasteiger partial charge in [0, 0.05) is 0 Å². The maximum Gasteiger partial charge on any atom is 0.387 e. The third kappa shape index (κ3) is 3.79. The van der Waals surface area contributed by atoms with E-state index in [4.69, 9.17) is 0 Å². The van der Waals surface area contributed by atoms with E-state index in [0.29, 0.717) is 0 Å². The van der Waals surface area contributed by atoms with Crippen LogP contribution >= 0.6 is 0 Å². The van der Waals surface area contributed by atoms with Gasteiger partial charge in [-0.1, -0.05) is 30.3 Å². The van der Waals surface area contributed by atoms with Crippen molar-refractivity contribution in [2.75, 3.05) is 7.05 Å². The van der Waals surface area contributed by atoms with Crippen molar-refractivity contribution in [1.82, 2.24) is 5.32 Å². The van der Waals surface area contributed by atoms with E-state index in [1.165, 1.54) is 11.1 Å². The molecule has 1 N–H and O–H groups in total. The predicted octanol–water partition coefficient (Wildman–Crippen LogP) is 4.21. The van der Waals surface area contributed by atoms with Gasteiger partial charge in [-0.25, -0.2) is 0 Å². The van der Waals surface area contributed by atoms with Crippen molar-refractivity contribution in [2.45, 2.75) is 26.5 Å². The monoisotopic (exact) mass is 291 g/mol. The predicted molar refractivity (Wildman–Crippen MR) is 79.9 cm³/mol. The van der Waals surface area contributed by atoms with Crippen molar-refractivity contribution in [2.24, 2.45) is 0 Å². The number of alkyl halides is 2. The molecule has 4 heteroatoms. The molecule has 0 saturated heterocycles. The quantitative estimate of drug-likeness (QED) is 0.891. The van der Waals surface area contributed by atoms with Crippen molar-refractivity contribution in [1.29, 1.82) is 0 Å². The van der Waals surface area contributed by atoms with Crippen LogP contribution in [0.15, 0.2) is 42.5 Å². The Balaban J connectivity index is 2.26. The van der Waals surface area contributed by atoms with E-state index in [9.17, 15) is 8.78 Å². The minimum absolute atomic E-state index is 0.0184. The van der Waals surface area contributed by atoms with Gasteiger partial charge >= 0.3 is 6.61 Å². The minimum atomic E-state index is -2.80. The fourth-order valence-corrected chi connectivity index (χ4v) is 2.31. The molecule has 21 heavy (non-hydrogen) atoms. The molecule has 2 aromatic rings. The van der Waals surface area contributed by atoms with Crippen molar-refractivity contribution in [3.8, 4) is 5.75 Å². The molecule has 0 bridgehead atoms. The lowest BCUT2D eigenvalue weighted by atomic mass is 9.96. The molecular formula is C17H19F2NO. The van der Waals surface area contributed by atoms with Crippen molar-refractivity contribution >= 4 is 0 Å². The lowest BCUT2D eigenvalue weighted by Crippen LogP contribution is -2.17.